The average molecular weight is 337 g/mol. The van der Waals surface area contributed by atoms with Crippen LogP contribution in [0, 0.1) is 0 Å². The number of aryl methyl sites for hydroxylation is 1. The molecule has 1 aromatic rings. The molecule has 1 aromatic heterocycles. The first kappa shape index (κ1) is 15.2. The summed E-state index contributed by atoms with van der Waals surface area (Å²) in [4.78, 5) is 8.24. The van der Waals surface area contributed by atoms with Crippen molar-refractivity contribution in [2.75, 3.05) is 0 Å². The van der Waals surface area contributed by atoms with Crippen LogP contribution in [-0.2, 0) is 13.6 Å². The van der Waals surface area contributed by atoms with Crippen LogP contribution in [0.2, 0.25) is 0 Å². The maximum atomic E-state index is 5.74. The third-order valence-electron chi connectivity index (χ3n) is 1.83. The van der Waals surface area contributed by atoms with Crippen molar-refractivity contribution in [2.45, 2.75) is 32.9 Å². The van der Waals surface area contributed by atoms with Gasteiger partial charge in [0.25, 0.3) is 0 Å². The summed E-state index contributed by atoms with van der Waals surface area (Å²) < 4.78 is 1.92. The van der Waals surface area contributed by atoms with E-state index in [0.717, 1.165) is 5.69 Å². The molecular weight excluding hydrogens is 317 g/mol. The Hall–Kier alpha value is -0.790. The molecule has 0 aromatic carbocycles. The molecule has 0 bridgehead atoms. The first-order valence-corrected chi connectivity index (χ1v) is 4.92. The number of nitrogens with one attached hydrogen (secondary N) is 1. The van der Waals surface area contributed by atoms with Crippen LogP contribution >= 0.6 is 24.0 Å². The minimum Gasteiger partial charge on any atom is -0.370 e. The minimum absolute atomic E-state index is 0. The summed E-state index contributed by atoms with van der Waals surface area (Å²) in [6, 6.07) is 0. The molecule has 3 N–H and O–H groups in total. The van der Waals surface area contributed by atoms with E-state index in [9.17, 15) is 0 Å². The lowest BCUT2D eigenvalue weighted by Crippen LogP contribution is -2.45. The van der Waals surface area contributed by atoms with Gasteiger partial charge in [0, 0.05) is 12.6 Å². The normalized spacial score (nSPS) is 12.1. The van der Waals surface area contributed by atoms with Gasteiger partial charge in [-0.2, -0.15) is 0 Å². The van der Waals surface area contributed by atoms with Crippen molar-refractivity contribution in [1.29, 1.82) is 0 Å². The van der Waals surface area contributed by atoms with Crippen LogP contribution in [0.3, 0.4) is 0 Å². The quantitative estimate of drug-likeness (QED) is 0.485. The molecule has 0 aliphatic carbocycles. The van der Waals surface area contributed by atoms with Gasteiger partial charge in [0.1, 0.15) is 0 Å². The number of nitrogens with zero attached hydrogens (tertiary/aromatic N) is 3. The second kappa shape index (κ2) is 6.07. The van der Waals surface area contributed by atoms with Gasteiger partial charge < -0.3 is 15.6 Å². The molecular formula is C10H20IN5. The number of guanidine groups is 1. The second-order valence-corrected chi connectivity index (χ2v) is 4.57. The summed E-state index contributed by atoms with van der Waals surface area (Å²) >= 11 is 0. The van der Waals surface area contributed by atoms with E-state index >= 15 is 0 Å². The number of aliphatic imine (C=N–C) groups is 1. The average Bonchev–Trinajstić information content (AvgIpc) is 2.44. The molecule has 0 unspecified atom stereocenters. The highest BCUT2D eigenvalue weighted by Crippen LogP contribution is 2.00. The fraction of sp³-hybridized carbons (Fsp3) is 0.600. The standard InChI is InChI=1S/C10H19N5.HI/c1-10(2,3)14-9(11)13-6-8-5-12-7-15(8)4;/h5,7H,6H2,1-4H3,(H3,11,13,14);1H. The summed E-state index contributed by atoms with van der Waals surface area (Å²) in [6.07, 6.45) is 3.53. The Morgan fingerprint density at radius 1 is 1.56 bits per heavy atom. The van der Waals surface area contributed by atoms with Crippen LogP contribution in [0.5, 0.6) is 0 Å². The van der Waals surface area contributed by atoms with Crippen molar-refractivity contribution in [3.63, 3.8) is 0 Å². The zero-order valence-electron chi connectivity index (χ0n) is 10.2. The van der Waals surface area contributed by atoms with Crippen molar-refractivity contribution < 1.29 is 0 Å². The first-order chi connectivity index (χ1) is 6.88. The van der Waals surface area contributed by atoms with Crippen molar-refractivity contribution in [3.05, 3.63) is 18.2 Å². The number of hydrogen-bond donors (Lipinski definition) is 2. The zero-order chi connectivity index (χ0) is 11.5. The molecule has 0 spiro atoms. The first-order valence-electron chi connectivity index (χ1n) is 4.92. The van der Waals surface area contributed by atoms with Gasteiger partial charge in [-0.3, -0.25) is 0 Å². The molecule has 6 heteroatoms. The Kier molecular flexibility index (Phi) is 5.77. The fourth-order valence-electron chi connectivity index (χ4n) is 1.13. The molecule has 92 valence electrons. The summed E-state index contributed by atoms with van der Waals surface area (Å²) in [6.45, 7) is 6.67. The molecule has 5 nitrogen and oxygen atoms in total. The zero-order valence-corrected chi connectivity index (χ0v) is 12.5. The van der Waals surface area contributed by atoms with E-state index in [1.807, 2.05) is 32.4 Å². The summed E-state index contributed by atoms with van der Waals surface area (Å²) in [5, 5.41) is 3.10. The van der Waals surface area contributed by atoms with Gasteiger partial charge in [0.2, 0.25) is 0 Å². The number of rotatable bonds is 2. The Morgan fingerprint density at radius 2 is 2.19 bits per heavy atom. The SMILES string of the molecule is Cn1cncc1CN=C(N)NC(C)(C)C.I. The molecule has 16 heavy (non-hydrogen) atoms. The van der Waals surface area contributed by atoms with Gasteiger partial charge in [0.15, 0.2) is 5.96 Å². The van der Waals surface area contributed by atoms with Crippen LogP contribution in [-0.4, -0.2) is 21.0 Å². The number of aromatic nitrogens is 2. The van der Waals surface area contributed by atoms with Crippen molar-refractivity contribution >= 4 is 29.9 Å². The lowest BCUT2D eigenvalue weighted by atomic mass is 10.1. The lowest BCUT2D eigenvalue weighted by Gasteiger charge is -2.20. The largest absolute Gasteiger partial charge is 0.370 e. The smallest absolute Gasteiger partial charge is 0.189 e. The molecule has 0 saturated heterocycles. The predicted molar refractivity (Wildman–Crippen MR) is 76.8 cm³/mol. The maximum Gasteiger partial charge on any atom is 0.189 e. The van der Waals surface area contributed by atoms with E-state index in [1.54, 1.807) is 12.5 Å². The Balaban J connectivity index is 0.00000225. The van der Waals surface area contributed by atoms with Crippen molar-refractivity contribution in [2.24, 2.45) is 17.8 Å². The van der Waals surface area contributed by atoms with E-state index in [2.05, 4.69) is 15.3 Å². The van der Waals surface area contributed by atoms with Crippen LogP contribution in [0.1, 0.15) is 26.5 Å². The van der Waals surface area contributed by atoms with Gasteiger partial charge in [-0.25, -0.2) is 9.98 Å². The maximum absolute atomic E-state index is 5.74. The van der Waals surface area contributed by atoms with E-state index in [0.29, 0.717) is 12.5 Å². The monoisotopic (exact) mass is 337 g/mol. The van der Waals surface area contributed by atoms with Crippen molar-refractivity contribution in [1.82, 2.24) is 14.9 Å². The van der Waals surface area contributed by atoms with Gasteiger partial charge in [0.05, 0.1) is 24.8 Å². The van der Waals surface area contributed by atoms with Gasteiger partial charge in [-0.1, -0.05) is 0 Å². The lowest BCUT2D eigenvalue weighted by molar-refractivity contribution is 0.508. The molecule has 0 amide bonds. The number of halogens is 1. The Morgan fingerprint density at radius 3 is 2.62 bits per heavy atom. The molecule has 1 heterocycles. The van der Waals surface area contributed by atoms with Gasteiger partial charge in [-0.15, -0.1) is 24.0 Å². The molecule has 0 aliphatic heterocycles. The Bertz CT molecular complexity index is 350. The molecule has 0 saturated carbocycles. The molecule has 0 radical (unpaired) electrons. The molecule has 0 fully saturated rings. The highest BCUT2D eigenvalue weighted by molar-refractivity contribution is 14.0. The topological polar surface area (TPSA) is 68.2 Å². The predicted octanol–water partition coefficient (Wildman–Crippen LogP) is 1.24. The Labute approximate surface area is 114 Å². The van der Waals surface area contributed by atoms with Crippen molar-refractivity contribution in [3.8, 4) is 0 Å². The number of nitrogens with two attached hydrogens (primary N) is 1. The number of hydrogen-bond acceptors (Lipinski definition) is 2. The van der Waals surface area contributed by atoms with E-state index in [4.69, 9.17) is 5.73 Å². The van der Waals surface area contributed by atoms with Crippen LogP contribution in [0.15, 0.2) is 17.5 Å². The highest BCUT2D eigenvalue weighted by atomic mass is 127. The third kappa shape index (κ3) is 5.34. The fourth-order valence-corrected chi connectivity index (χ4v) is 1.13. The molecule has 0 atom stereocenters. The van der Waals surface area contributed by atoms with E-state index in [-0.39, 0.29) is 29.5 Å². The summed E-state index contributed by atoms with van der Waals surface area (Å²) in [5.41, 5.74) is 6.72. The van der Waals surface area contributed by atoms with Crippen LogP contribution in [0.25, 0.3) is 0 Å². The summed E-state index contributed by atoms with van der Waals surface area (Å²) in [5.74, 6) is 0.462. The van der Waals surface area contributed by atoms with Gasteiger partial charge in [-0.05, 0) is 20.8 Å². The van der Waals surface area contributed by atoms with E-state index < -0.39 is 0 Å². The third-order valence-corrected chi connectivity index (χ3v) is 1.83. The van der Waals surface area contributed by atoms with E-state index in [1.165, 1.54) is 0 Å². The van der Waals surface area contributed by atoms with Crippen LogP contribution < -0.4 is 11.1 Å². The highest BCUT2D eigenvalue weighted by Gasteiger charge is 2.09. The number of imidazole rings is 1. The molecule has 1 rings (SSSR count). The second-order valence-electron chi connectivity index (χ2n) is 4.57. The minimum atomic E-state index is -0.0555. The molecule has 0 aliphatic rings. The van der Waals surface area contributed by atoms with Gasteiger partial charge >= 0.3 is 0 Å². The summed E-state index contributed by atoms with van der Waals surface area (Å²) in [7, 11) is 1.94. The van der Waals surface area contributed by atoms with Crippen LogP contribution in [0.4, 0.5) is 0 Å².